The molecule has 0 aliphatic carbocycles. The van der Waals surface area contributed by atoms with Gasteiger partial charge in [-0.05, 0) is 51.4 Å². The van der Waals surface area contributed by atoms with Crippen LogP contribution in [0.3, 0.4) is 0 Å². The summed E-state index contributed by atoms with van der Waals surface area (Å²) in [6.07, 6.45) is 0.769. The fraction of sp³-hybridized carbons (Fsp3) is 0.600. The summed E-state index contributed by atoms with van der Waals surface area (Å²) in [6.45, 7) is 6.38. The number of benzene rings is 1. The van der Waals surface area contributed by atoms with Gasteiger partial charge in [-0.1, -0.05) is 12.1 Å². The largest absolute Gasteiger partial charge is 0.313 e. The summed E-state index contributed by atoms with van der Waals surface area (Å²) in [7, 11) is 0.118. The van der Waals surface area contributed by atoms with E-state index in [9.17, 15) is 8.42 Å². The predicted octanol–water partition coefficient (Wildman–Crippen LogP) is 1.91. The summed E-state index contributed by atoms with van der Waals surface area (Å²) in [5.41, 5.74) is 3.11. The van der Waals surface area contributed by atoms with Crippen LogP contribution < -0.4 is 9.62 Å². The van der Waals surface area contributed by atoms with E-state index in [-0.39, 0.29) is 12.1 Å². The van der Waals surface area contributed by atoms with E-state index in [2.05, 4.69) is 18.3 Å². The van der Waals surface area contributed by atoms with E-state index in [4.69, 9.17) is 0 Å². The van der Waals surface area contributed by atoms with Crippen molar-refractivity contribution in [3.05, 3.63) is 29.3 Å². The van der Waals surface area contributed by atoms with Crippen molar-refractivity contribution in [1.29, 1.82) is 0 Å². The van der Waals surface area contributed by atoms with E-state index >= 15 is 0 Å². The van der Waals surface area contributed by atoms with Gasteiger partial charge in [-0.15, -0.1) is 0 Å². The Morgan fingerprint density at radius 2 is 1.95 bits per heavy atom. The first-order chi connectivity index (χ1) is 9.78. The van der Waals surface area contributed by atoms with Crippen molar-refractivity contribution >= 4 is 15.9 Å². The number of fused-ring (bicyclic) bond motifs is 1. The Morgan fingerprint density at radius 3 is 2.52 bits per heavy atom. The van der Waals surface area contributed by atoms with Crippen molar-refractivity contribution in [2.75, 3.05) is 24.9 Å². The molecule has 118 valence electrons. The molecule has 0 saturated carbocycles. The number of hydrogen-bond donors (Lipinski definition) is 1. The topological polar surface area (TPSA) is 52.7 Å². The Morgan fingerprint density at radius 1 is 1.29 bits per heavy atom. The van der Waals surface area contributed by atoms with Crippen LogP contribution in [0.5, 0.6) is 0 Å². The molecule has 1 aromatic carbocycles. The molecule has 21 heavy (non-hydrogen) atoms. The van der Waals surface area contributed by atoms with Crippen LogP contribution in [-0.2, 0) is 16.6 Å². The molecule has 6 heteroatoms. The maximum Gasteiger partial charge on any atom is 0.304 e. The smallest absolute Gasteiger partial charge is 0.304 e. The van der Waals surface area contributed by atoms with E-state index in [1.165, 1.54) is 14.2 Å². The van der Waals surface area contributed by atoms with Crippen molar-refractivity contribution < 1.29 is 8.42 Å². The third kappa shape index (κ3) is 2.93. The molecule has 0 fully saturated rings. The SMILES string of the molecule is CNC(C)c1ccc2c(c1)CCN2S(=O)(=O)N(C)C(C)C. The van der Waals surface area contributed by atoms with Gasteiger partial charge in [0, 0.05) is 25.7 Å². The summed E-state index contributed by atoms with van der Waals surface area (Å²) in [5.74, 6) is 0. The maximum absolute atomic E-state index is 12.7. The van der Waals surface area contributed by atoms with Crippen LogP contribution in [0.1, 0.15) is 37.9 Å². The van der Waals surface area contributed by atoms with Crippen LogP contribution in [0.25, 0.3) is 0 Å². The molecule has 0 aromatic heterocycles. The first kappa shape index (κ1) is 16.3. The molecule has 1 aliphatic heterocycles. The Kier molecular flexibility index (Phi) is 4.60. The number of nitrogens with zero attached hydrogens (tertiary/aromatic N) is 2. The number of nitrogens with one attached hydrogen (secondary N) is 1. The van der Waals surface area contributed by atoms with Gasteiger partial charge in [0.15, 0.2) is 0 Å². The van der Waals surface area contributed by atoms with Gasteiger partial charge in [-0.25, -0.2) is 0 Å². The number of anilines is 1. The molecule has 1 aliphatic rings. The van der Waals surface area contributed by atoms with Crippen molar-refractivity contribution in [1.82, 2.24) is 9.62 Å². The average molecular weight is 311 g/mol. The summed E-state index contributed by atoms with van der Waals surface area (Å²) < 4.78 is 28.2. The molecule has 2 rings (SSSR count). The standard InChI is InChI=1S/C15H25N3O2S/c1-11(2)17(5)21(19,20)18-9-8-14-10-13(12(3)16-4)6-7-15(14)18/h6-7,10-12,16H,8-9H2,1-5H3. The molecule has 0 spiro atoms. The predicted molar refractivity (Wildman–Crippen MR) is 86.8 cm³/mol. The van der Waals surface area contributed by atoms with E-state index in [1.54, 1.807) is 7.05 Å². The fourth-order valence-electron chi connectivity index (χ4n) is 2.49. The van der Waals surface area contributed by atoms with E-state index in [0.29, 0.717) is 6.54 Å². The minimum absolute atomic E-state index is 0.0531. The zero-order chi connectivity index (χ0) is 15.8. The van der Waals surface area contributed by atoms with Gasteiger partial charge in [0.25, 0.3) is 0 Å². The molecular formula is C15H25N3O2S. The third-order valence-electron chi connectivity index (χ3n) is 4.26. The second-order valence-electron chi connectivity index (χ2n) is 5.84. The summed E-state index contributed by atoms with van der Waals surface area (Å²) in [6, 6.07) is 6.25. The zero-order valence-electron chi connectivity index (χ0n) is 13.4. The fourth-order valence-corrected chi connectivity index (χ4v) is 4.08. The normalized spacial score (nSPS) is 16.6. The lowest BCUT2D eigenvalue weighted by molar-refractivity contribution is 0.408. The molecule has 0 bridgehead atoms. The minimum atomic E-state index is -3.44. The van der Waals surface area contributed by atoms with Crippen LogP contribution in [0, 0.1) is 0 Å². The Bertz CT molecular complexity index is 613. The highest BCUT2D eigenvalue weighted by Crippen LogP contribution is 2.33. The lowest BCUT2D eigenvalue weighted by Gasteiger charge is -2.28. The van der Waals surface area contributed by atoms with Crippen molar-refractivity contribution in [3.8, 4) is 0 Å². The second-order valence-corrected chi connectivity index (χ2v) is 7.75. The second kappa shape index (κ2) is 5.94. The summed E-state index contributed by atoms with van der Waals surface area (Å²) in [5, 5.41) is 3.21. The molecule has 0 radical (unpaired) electrons. The van der Waals surface area contributed by atoms with Crippen LogP contribution in [-0.4, -0.2) is 39.4 Å². The zero-order valence-corrected chi connectivity index (χ0v) is 14.2. The van der Waals surface area contributed by atoms with Gasteiger partial charge >= 0.3 is 10.2 Å². The molecule has 0 amide bonds. The average Bonchev–Trinajstić information content (AvgIpc) is 2.88. The number of hydrogen-bond acceptors (Lipinski definition) is 3. The van der Waals surface area contributed by atoms with Crippen LogP contribution in [0.4, 0.5) is 5.69 Å². The van der Waals surface area contributed by atoms with E-state index < -0.39 is 10.2 Å². The summed E-state index contributed by atoms with van der Waals surface area (Å²) >= 11 is 0. The van der Waals surface area contributed by atoms with Gasteiger partial charge in [0.2, 0.25) is 0 Å². The molecule has 1 aromatic rings. The van der Waals surface area contributed by atoms with Gasteiger partial charge in [-0.2, -0.15) is 12.7 Å². The highest BCUT2D eigenvalue weighted by atomic mass is 32.2. The molecule has 1 atom stereocenters. The first-order valence-corrected chi connectivity index (χ1v) is 8.74. The van der Waals surface area contributed by atoms with Crippen LogP contribution >= 0.6 is 0 Å². The Balaban J connectivity index is 2.35. The Labute approximate surface area is 128 Å². The van der Waals surface area contributed by atoms with Gasteiger partial charge < -0.3 is 5.32 Å². The van der Waals surface area contributed by atoms with Gasteiger partial charge in [0.1, 0.15) is 0 Å². The molecule has 1 heterocycles. The van der Waals surface area contributed by atoms with Crippen molar-refractivity contribution in [2.45, 2.75) is 39.3 Å². The maximum atomic E-state index is 12.7. The number of rotatable bonds is 5. The highest BCUT2D eigenvalue weighted by molar-refractivity contribution is 7.90. The molecule has 1 N–H and O–H groups in total. The quantitative estimate of drug-likeness (QED) is 0.904. The minimum Gasteiger partial charge on any atom is -0.313 e. The van der Waals surface area contributed by atoms with Crippen molar-refractivity contribution in [2.24, 2.45) is 0 Å². The van der Waals surface area contributed by atoms with Crippen LogP contribution in [0.15, 0.2) is 18.2 Å². The molecule has 5 nitrogen and oxygen atoms in total. The van der Waals surface area contributed by atoms with E-state index in [0.717, 1.165) is 17.7 Å². The monoisotopic (exact) mass is 311 g/mol. The first-order valence-electron chi connectivity index (χ1n) is 7.34. The Hall–Kier alpha value is -1.11. The molecule has 1 unspecified atom stereocenters. The van der Waals surface area contributed by atoms with Crippen molar-refractivity contribution in [3.63, 3.8) is 0 Å². The van der Waals surface area contributed by atoms with Gasteiger partial charge in [0.05, 0.1) is 5.69 Å². The van der Waals surface area contributed by atoms with Crippen LogP contribution in [0.2, 0.25) is 0 Å². The van der Waals surface area contributed by atoms with E-state index in [1.807, 2.05) is 33.0 Å². The summed E-state index contributed by atoms with van der Waals surface area (Å²) in [4.78, 5) is 0. The third-order valence-corrected chi connectivity index (χ3v) is 6.34. The molecule has 0 saturated heterocycles. The lowest BCUT2D eigenvalue weighted by atomic mass is 10.0. The lowest BCUT2D eigenvalue weighted by Crippen LogP contribution is -2.44. The van der Waals surface area contributed by atoms with Gasteiger partial charge in [-0.3, -0.25) is 4.31 Å². The molecular weight excluding hydrogens is 286 g/mol. The highest BCUT2D eigenvalue weighted by Gasteiger charge is 2.33.